The Kier molecular flexibility index (Phi) is 5.54. The van der Waals surface area contributed by atoms with Crippen LogP contribution in [0.25, 0.3) is 17.1 Å². The van der Waals surface area contributed by atoms with Crippen LogP contribution in [0.3, 0.4) is 0 Å². The average molecular weight is 459 g/mol. The minimum absolute atomic E-state index is 0.346. The summed E-state index contributed by atoms with van der Waals surface area (Å²) in [7, 11) is 0. The molecule has 0 amide bonds. The second-order valence-corrected chi connectivity index (χ2v) is 6.19. The zero-order valence-electron chi connectivity index (χ0n) is 13.6. The van der Waals surface area contributed by atoms with E-state index in [0.29, 0.717) is 10.7 Å². The minimum atomic E-state index is -4.85. The SMILES string of the molecule is O=c1oc(-c2c(F)cccc2F)nn1-c1cc(Cl)c(OC(F)(F)C(F)F)cc1Cl. The molecule has 0 fully saturated rings. The molecule has 3 rings (SSSR count). The van der Waals surface area contributed by atoms with E-state index in [1.54, 1.807) is 0 Å². The number of benzene rings is 2. The normalized spacial score (nSPS) is 11.9. The lowest BCUT2D eigenvalue weighted by Gasteiger charge is -2.18. The minimum Gasteiger partial charge on any atom is -0.427 e. The van der Waals surface area contributed by atoms with Gasteiger partial charge in [0, 0.05) is 6.07 Å². The van der Waals surface area contributed by atoms with Crippen LogP contribution < -0.4 is 10.5 Å². The van der Waals surface area contributed by atoms with E-state index in [2.05, 4.69) is 9.84 Å². The van der Waals surface area contributed by atoms with Crippen molar-refractivity contribution < 1.29 is 35.5 Å². The highest BCUT2D eigenvalue weighted by atomic mass is 35.5. The van der Waals surface area contributed by atoms with Crippen LogP contribution >= 0.6 is 23.2 Å². The summed E-state index contributed by atoms with van der Waals surface area (Å²) in [6.07, 6.45) is -9.00. The molecule has 0 unspecified atom stereocenters. The lowest BCUT2D eigenvalue weighted by Crippen LogP contribution is -2.33. The summed E-state index contributed by atoms with van der Waals surface area (Å²) < 4.78 is 87.4. The van der Waals surface area contributed by atoms with E-state index in [1.807, 2.05) is 0 Å². The fraction of sp³-hybridized carbons (Fsp3) is 0.125. The second-order valence-electron chi connectivity index (χ2n) is 5.38. The van der Waals surface area contributed by atoms with Crippen molar-refractivity contribution in [1.82, 2.24) is 9.78 Å². The second kappa shape index (κ2) is 7.64. The summed E-state index contributed by atoms with van der Waals surface area (Å²) in [6, 6.07) is 4.31. The summed E-state index contributed by atoms with van der Waals surface area (Å²) in [5.74, 6) is -5.02. The lowest BCUT2D eigenvalue weighted by atomic mass is 10.2. The van der Waals surface area contributed by atoms with Crippen molar-refractivity contribution in [2.75, 3.05) is 0 Å². The van der Waals surface area contributed by atoms with Gasteiger partial charge in [-0.15, -0.1) is 5.10 Å². The maximum Gasteiger partial charge on any atom is 0.461 e. The number of hydrogen-bond acceptors (Lipinski definition) is 4. The first-order valence-electron chi connectivity index (χ1n) is 7.40. The fourth-order valence-corrected chi connectivity index (χ4v) is 2.61. The van der Waals surface area contributed by atoms with E-state index in [0.717, 1.165) is 24.3 Å². The van der Waals surface area contributed by atoms with Crippen LogP contribution in [-0.4, -0.2) is 22.3 Å². The van der Waals surface area contributed by atoms with Gasteiger partial charge in [0.15, 0.2) is 0 Å². The molecule has 0 aliphatic rings. The molecule has 1 aromatic heterocycles. The Morgan fingerprint density at radius 2 is 1.72 bits per heavy atom. The maximum absolute atomic E-state index is 13.9. The van der Waals surface area contributed by atoms with Crippen molar-refractivity contribution in [3.05, 3.63) is 62.6 Å². The molecular formula is C16H6Cl2F6N2O3. The van der Waals surface area contributed by atoms with Crippen molar-refractivity contribution in [2.24, 2.45) is 0 Å². The summed E-state index contributed by atoms with van der Waals surface area (Å²) >= 11 is 11.6. The van der Waals surface area contributed by atoms with Gasteiger partial charge in [-0.1, -0.05) is 29.3 Å². The molecule has 0 saturated carbocycles. The van der Waals surface area contributed by atoms with Gasteiger partial charge in [-0.05, 0) is 18.2 Å². The van der Waals surface area contributed by atoms with Crippen molar-refractivity contribution in [3.63, 3.8) is 0 Å². The summed E-state index contributed by atoms with van der Waals surface area (Å²) in [5.41, 5.74) is -1.08. The van der Waals surface area contributed by atoms with E-state index in [1.165, 1.54) is 0 Å². The number of hydrogen-bond donors (Lipinski definition) is 0. The fourth-order valence-electron chi connectivity index (χ4n) is 2.18. The van der Waals surface area contributed by atoms with Crippen LogP contribution in [-0.2, 0) is 0 Å². The van der Waals surface area contributed by atoms with Gasteiger partial charge >= 0.3 is 18.3 Å². The molecule has 2 aromatic carbocycles. The summed E-state index contributed by atoms with van der Waals surface area (Å²) in [5, 5.41) is 2.50. The Labute approximate surface area is 167 Å². The van der Waals surface area contributed by atoms with Gasteiger partial charge in [-0.3, -0.25) is 0 Å². The van der Waals surface area contributed by atoms with Gasteiger partial charge in [0.1, 0.15) is 22.9 Å². The third-order valence-corrected chi connectivity index (χ3v) is 4.05. The highest BCUT2D eigenvalue weighted by molar-refractivity contribution is 6.35. The largest absolute Gasteiger partial charge is 0.461 e. The molecule has 29 heavy (non-hydrogen) atoms. The molecule has 13 heteroatoms. The molecule has 0 aliphatic heterocycles. The molecule has 0 radical (unpaired) electrons. The molecule has 3 aromatic rings. The number of halogens is 8. The first-order valence-corrected chi connectivity index (χ1v) is 8.16. The Hall–Kier alpha value is -2.66. The van der Waals surface area contributed by atoms with Crippen LogP contribution in [0.2, 0.25) is 10.0 Å². The Morgan fingerprint density at radius 3 is 2.31 bits per heavy atom. The number of alkyl halides is 4. The van der Waals surface area contributed by atoms with Crippen molar-refractivity contribution in [1.29, 1.82) is 0 Å². The molecule has 0 atom stereocenters. The van der Waals surface area contributed by atoms with Crippen LogP contribution in [0.1, 0.15) is 0 Å². The smallest absolute Gasteiger partial charge is 0.427 e. The van der Waals surface area contributed by atoms with E-state index < -0.39 is 57.2 Å². The molecule has 0 bridgehead atoms. The summed E-state index contributed by atoms with van der Waals surface area (Å²) in [4.78, 5) is 12.0. The van der Waals surface area contributed by atoms with Crippen LogP contribution in [0.4, 0.5) is 26.3 Å². The number of rotatable bonds is 5. The van der Waals surface area contributed by atoms with Crippen molar-refractivity contribution in [2.45, 2.75) is 12.5 Å². The van der Waals surface area contributed by atoms with Gasteiger partial charge in [0.05, 0.1) is 15.7 Å². The van der Waals surface area contributed by atoms with Gasteiger partial charge in [0.25, 0.3) is 5.89 Å². The Morgan fingerprint density at radius 1 is 1.10 bits per heavy atom. The van der Waals surface area contributed by atoms with Gasteiger partial charge in [0.2, 0.25) is 0 Å². The first-order chi connectivity index (χ1) is 13.5. The molecule has 0 saturated heterocycles. The maximum atomic E-state index is 13.9. The van der Waals surface area contributed by atoms with Crippen LogP contribution in [0.5, 0.6) is 5.75 Å². The number of nitrogens with zero attached hydrogens (tertiary/aromatic N) is 2. The van der Waals surface area contributed by atoms with E-state index in [4.69, 9.17) is 27.6 Å². The van der Waals surface area contributed by atoms with Gasteiger partial charge in [-0.25, -0.2) is 13.6 Å². The average Bonchev–Trinajstić information content (AvgIpc) is 2.98. The molecule has 0 N–H and O–H groups in total. The van der Waals surface area contributed by atoms with E-state index in [-0.39, 0.29) is 5.69 Å². The zero-order valence-corrected chi connectivity index (χ0v) is 15.1. The third kappa shape index (κ3) is 4.06. The van der Waals surface area contributed by atoms with Gasteiger partial charge < -0.3 is 9.15 Å². The van der Waals surface area contributed by atoms with E-state index >= 15 is 0 Å². The lowest BCUT2D eigenvalue weighted by molar-refractivity contribution is -0.253. The number of aromatic nitrogens is 2. The molecule has 1 heterocycles. The highest BCUT2D eigenvalue weighted by Gasteiger charge is 2.44. The topological polar surface area (TPSA) is 57.3 Å². The molecule has 0 aliphatic carbocycles. The molecule has 0 spiro atoms. The Balaban J connectivity index is 2.06. The van der Waals surface area contributed by atoms with Crippen molar-refractivity contribution in [3.8, 4) is 22.9 Å². The predicted octanol–water partition coefficient (Wildman–Crippen LogP) is 5.31. The van der Waals surface area contributed by atoms with E-state index in [9.17, 15) is 31.1 Å². The zero-order chi connectivity index (χ0) is 21.5. The highest BCUT2D eigenvalue weighted by Crippen LogP contribution is 2.37. The predicted molar refractivity (Wildman–Crippen MR) is 89.1 cm³/mol. The first kappa shape index (κ1) is 21.1. The molecule has 5 nitrogen and oxygen atoms in total. The standard InChI is InChI=1S/C16H6Cl2F6N2O3/c17-6-5-11(29-16(23,24)14(21)22)7(18)4-10(6)26-15(27)28-13(25-26)12-8(19)2-1-3-9(12)20/h1-5,14H. The molecule has 154 valence electrons. The monoisotopic (exact) mass is 458 g/mol. The number of ether oxygens (including phenoxy) is 1. The Bertz CT molecular complexity index is 1110. The van der Waals surface area contributed by atoms with Gasteiger partial charge in [-0.2, -0.15) is 22.2 Å². The quantitative estimate of drug-likeness (QED) is 0.486. The summed E-state index contributed by atoms with van der Waals surface area (Å²) in [6.45, 7) is 0. The van der Waals surface area contributed by atoms with Crippen molar-refractivity contribution >= 4 is 23.2 Å². The third-order valence-electron chi connectivity index (χ3n) is 3.45. The molecular weight excluding hydrogens is 453 g/mol. The van der Waals surface area contributed by atoms with Crippen LogP contribution in [0, 0.1) is 11.6 Å². The van der Waals surface area contributed by atoms with Crippen LogP contribution in [0.15, 0.2) is 39.5 Å².